The smallest absolute Gasteiger partial charge is 0.334 e. The van der Waals surface area contributed by atoms with Crippen molar-refractivity contribution < 1.29 is 14.8 Å². The molecule has 0 saturated carbocycles. The fraction of sp³-hybridized carbons (Fsp3) is 0.692. The molecule has 1 aromatic heterocycles. The fourth-order valence-corrected chi connectivity index (χ4v) is 2.31. The van der Waals surface area contributed by atoms with Crippen LogP contribution in [0.1, 0.15) is 39.3 Å². The molecule has 0 aromatic carbocycles. The predicted octanol–water partition coefficient (Wildman–Crippen LogP) is 1.97. The van der Waals surface area contributed by atoms with Gasteiger partial charge in [0.2, 0.25) is 5.82 Å². The summed E-state index contributed by atoms with van der Waals surface area (Å²) in [5.41, 5.74) is 0.463. The number of hydrogen-bond acceptors (Lipinski definition) is 5. The summed E-state index contributed by atoms with van der Waals surface area (Å²) in [4.78, 5) is 23.4. The molecule has 0 aliphatic carbocycles. The number of nitro groups is 1. The van der Waals surface area contributed by atoms with Crippen LogP contribution in [-0.4, -0.2) is 38.4 Å². The van der Waals surface area contributed by atoms with Gasteiger partial charge in [0.25, 0.3) is 0 Å². The van der Waals surface area contributed by atoms with Crippen LogP contribution in [0.25, 0.3) is 0 Å². The van der Waals surface area contributed by atoms with Crippen molar-refractivity contribution in [2.45, 2.75) is 46.1 Å². The van der Waals surface area contributed by atoms with Gasteiger partial charge in [0.15, 0.2) is 0 Å². The van der Waals surface area contributed by atoms with E-state index in [1.54, 1.807) is 7.05 Å². The van der Waals surface area contributed by atoms with Crippen LogP contribution >= 0.6 is 0 Å². The SMILES string of the molecule is CCc1nn(C)c(N(CCCC(=O)O)C(C)C)c1[N+](=O)[O-]. The second-order valence-electron chi connectivity index (χ2n) is 5.14. The maximum atomic E-state index is 11.4. The standard InChI is InChI=1S/C13H22N4O4/c1-5-10-12(17(20)21)13(15(4)14-10)16(9(2)3)8-6-7-11(18)19/h9H,5-8H2,1-4H3,(H,18,19). The van der Waals surface area contributed by atoms with E-state index < -0.39 is 10.9 Å². The van der Waals surface area contributed by atoms with Crippen LogP contribution in [0.4, 0.5) is 11.5 Å². The van der Waals surface area contributed by atoms with Crippen molar-refractivity contribution in [3.8, 4) is 0 Å². The highest BCUT2D eigenvalue weighted by Crippen LogP contribution is 2.33. The molecule has 1 rings (SSSR count). The van der Waals surface area contributed by atoms with Gasteiger partial charge < -0.3 is 10.0 Å². The molecule has 0 saturated heterocycles. The van der Waals surface area contributed by atoms with Crippen molar-refractivity contribution in [1.82, 2.24) is 9.78 Å². The first-order valence-electron chi connectivity index (χ1n) is 6.98. The summed E-state index contributed by atoms with van der Waals surface area (Å²) >= 11 is 0. The number of hydrogen-bond donors (Lipinski definition) is 1. The monoisotopic (exact) mass is 298 g/mol. The molecule has 0 atom stereocenters. The quantitative estimate of drug-likeness (QED) is 0.581. The van der Waals surface area contributed by atoms with Gasteiger partial charge in [-0.05, 0) is 26.7 Å². The molecule has 0 radical (unpaired) electrons. The van der Waals surface area contributed by atoms with Crippen LogP contribution in [0.15, 0.2) is 0 Å². The van der Waals surface area contributed by atoms with Crippen LogP contribution in [-0.2, 0) is 18.3 Å². The number of aryl methyl sites for hydroxylation is 2. The lowest BCUT2D eigenvalue weighted by molar-refractivity contribution is -0.384. The van der Waals surface area contributed by atoms with Gasteiger partial charge in [-0.3, -0.25) is 14.9 Å². The van der Waals surface area contributed by atoms with Gasteiger partial charge in [-0.2, -0.15) is 5.10 Å². The number of carboxylic acids is 1. The molecule has 1 heterocycles. The maximum absolute atomic E-state index is 11.4. The number of aromatic nitrogens is 2. The lowest BCUT2D eigenvalue weighted by Gasteiger charge is -2.27. The molecule has 0 fully saturated rings. The molecule has 0 unspecified atom stereocenters. The third-order valence-electron chi connectivity index (χ3n) is 3.26. The Kier molecular flexibility index (Phi) is 5.69. The zero-order valence-corrected chi connectivity index (χ0v) is 12.9. The summed E-state index contributed by atoms with van der Waals surface area (Å²) in [6, 6.07) is 0.0117. The molecule has 8 nitrogen and oxygen atoms in total. The second-order valence-corrected chi connectivity index (χ2v) is 5.14. The van der Waals surface area contributed by atoms with Crippen LogP contribution in [0.3, 0.4) is 0 Å². The molecule has 0 aliphatic rings. The Labute approximate surface area is 123 Å². The first-order chi connectivity index (χ1) is 9.79. The number of aliphatic carboxylic acids is 1. The van der Waals surface area contributed by atoms with E-state index in [1.807, 2.05) is 25.7 Å². The molecule has 0 spiro atoms. The highest BCUT2D eigenvalue weighted by Gasteiger charge is 2.30. The third kappa shape index (κ3) is 3.93. The van der Waals surface area contributed by atoms with Gasteiger partial charge in [0.05, 0.1) is 4.92 Å². The van der Waals surface area contributed by atoms with Crippen LogP contribution < -0.4 is 4.90 Å². The van der Waals surface area contributed by atoms with Crippen molar-refractivity contribution in [2.75, 3.05) is 11.4 Å². The van der Waals surface area contributed by atoms with Gasteiger partial charge in [0, 0.05) is 26.1 Å². The molecule has 0 aliphatic heterocycles. The first-order valence-corrected chi connectivity index (χ1v) is 6.98. The normalized spacial score (nSPS) is 10.9. The summed E-state index contributed by atoms with van der Waals surface area (Å²) in [6.07, 6.45) is 0.942. The van der Waals surface area contributed by atoms with E-state index in [-0.39, 0.29) is 18.2 Å². The second kappa shape index (κ2) is 7.05. The number of rotatable bonds is 8. The summed E-state index contributed by atoms with van der Waals surface area (Å²) in [6.45, 7) is 6.10. The molecular formula is C13H22N4O4. The van der Waals surface area contributed by atoms with Crippen LogP contribution in [0.5, 0.6) is 0 Å². The minimum absolute atomic E-state index is 0.0117. The average Bonchev–Trinajstić information content (AvgIpc) is 2.70. The zero-order valence-electron chi connectivity index (χ0n) is 12.9. The van der Waals surface area contributed by atoms with Crippen molar-refractivity contribution in [2.24, 2.45) is 7.05 Å². The van der Waals surface area contributed by atoms with Gasteiger partial charge in [-0.25, -0.2) is 4.68 Å². The lowest BCUT2D eigenvalue weighted by atomic mass is 10.2. The highest BCUT2D eigenvalue weighted by molar-refractivity contribution is 5.67. The lowest BCUT2D eigenvalue weighted by Crippen LogP contribution is -2.34. The molecule has 0 bridgehead atoms. The topological polar surface area (TPSA) is 102 Å². The van der Waals surface area contributed by atoms with Crippen LogP contribution in [0, 0.1) is 10.1 Å². The summed E-state index contributed by atoms with van der Waals surface area (Å²) < 4.78 is 1.51. The van der Waals surface area contributed by atoms with Gasteiger partial charge in [-0.1, -0.05) is 6.92 Å². The van der Waals surface area contributed by atoms with E-state index in [0.717, 1.165) is 0 Å². The largest absolute Gasteiger partial charge is 0.481 e. The van der Waals surface area contributed by atoms with Gasteiger partial charge in [0.1, 0.15) is 5.69 Å². The fourth-order valence-electron chi connectivity index (χ4n) is 2.31. The van der Waals surface area contributed by atoms with E-state index in [1.165, 1.54) is 4.68 Å². The molecule has 21 heavy (non-hydrogen) atoms. The first kappa shape index (κ1) is 16.9. The predicted molar refractivity (Wildman–Crippen MR) is 78.6 cm³/mol. The average molecular weight is 298 g/mol. The minimum Gasteiger partial charge on any atom is -0.481 e. The summed E-state index contributed by atoms with van der Waals surface area (Å²) in [5, 5.41) is 24.3. The molecule has 118 valence electrons. The summed E-state index contributed by atoms with van der Waals surface area (Å²) in [5.74, 6) is -0.426. The number of carboxylic acid groups (broad SMARTS) is 1. The number of carbonyl (C=O) groups is 1. The van der Waals surface area contributed by atoms with E-state index >= 15 is 0 Å². The van der Waals surface area contributed by atoms with E-state index in [2.05, 4.69) is 5.10 Å². The number of anilines is 1. The maximum Gasteiger partial charge on any atom is 0.334 e. The Hall–Kier alpha value is -2.12. The van der Waals surface area contributed by atoms with E-state index in [4.69, 9.17) is 5.11 Å². The van der Waals surface area contributed by atoms with Crippen LogP contribution in [0.2, 0.25) is 0 Å². The highest BCUT2D eigenvalue weighted by atomic mass is 16.6. The van der Waals surface area contributed by atoms with E-state index in [0.29, 0.717) is 30.9 Å². The van der Waals surface area contributed by atoms with Gasteiger partial charge >= 0.3 is 11.7 Å². The van der Waals surface area contributed by atoms with Crippen molar-refractivity contribution in [3.05, 3.63) is 15.8 Å². The van der Waals surface area contributed by atoms with Crippen molar-refractivity contribution in [1.29, 1.82) is 0 Å². The molecule has 8 heteroatoms. The Morgan fingerprint density at radius 1 is 1.52 bits per heavy atom. The molecule has 1 aromatic rings. The molecule has 0 amide bonds. The Morgan fingerprint density at radius 3 is 2.57 bits per heavy atom. The Morgan fingerprint density at radius 2 is 2.14 bits per heavy atom. The number of nitrogens with zero attached hydrogens (tertiary/aromatic N) is 4. The van der Waals surface area contributed by atoms with E-state index in [9.17, 15) is 14.9 Å². The van der Waals surface area contributed by atoms with Gasteiger partial charge in [-0.15, -0.1) is 0 Å². The Bertz CT molecular complexity index is 524. The third-order valence-corrected chi connectivity index (χ3v) is 3.26. The van der Waals surface area contributed by atoms with Crippen molar-refractivity contribution >= 4 is 17.5 Å². The minimum atomic E-state index is -0.868. The zero-order chi connectivity index (χ0) is 16.2. The molecule has 1 N–H and O–H groups in total. The summed E-state index contributed by atoms with van der Waals surface area (Å²) in [7, 11) is 1.67. The molecular weight excluding hydrogens is 276 g/mol. The Balaban J connectivity index is 3.15. The van der Waals surface area contributed by atoms with Crippen molar-refractivity contribution in [3.63, 3.8) is 0 Å².